The van der Waals surface area contributed by atoms with E-state index in [0.717, 1.165) is 12.1 Å². The summed E-state index contributed by atoms with van der Waals surface area (Å²) in [6, 6.07) is 1.70. The van der Waals surface area contributed by atoms with Crippen molar-refractivity contribution in [3.63, 3.8) is 0 Å². The van der Waals surface area contributed by atoms with Gasteiger partial charge in [0, 0.05) is 37.3 Å². The van der Waals surface area contributed by atoms with E-state index in [9.17, 15) is 0 Å². The molecule has 19 heavy (non-hydrogen) atoms. The molecule has 110 valence electrons. The first-order valence-corrected chi connectivity index (χ1v) is 8.34. The van der Waals surface area contributed by atoms with Crippen LogP contribution < -0.4 is 5.32 Å². The van der Waals surface area contributed by atoms with Crippen molar-refractivity contribution in [3.05, 3.63) is 0 Å². The van der Waals surface area contributed by atoms with Crippen LogP contribution >= 0.6 is 0 Å². The molecule has 1 atom stereocenters. The Morgan fingerprint density at radius 3 is 2.47 bits per heavy atom. The Morgan fingerprint density at radius 1 is 1.11 bits per heavy atom. The van der Waals surface area contributed by atoms with Crippen LogP contribution in [-0.2, 0) is 0 Å². The highest BCUT2D eigenvalue weighted by atomic mass is 15.2. The van der Waals surface area contributed by atoms with Crippen molar-refractivity contribution in [3.8, 4) is 0 Å². The summed E-state index contributed by atoms with van der Waals surface area (Å²) in [6.45, 7) is 3.83. The minimum absolute atomic E-state index is 0.436. The first kappa shape index (κ1) is 13.8. The van der Waals surface area contributed by atoms with Gasteiger partial charge in [0.05, 0.1) is 0 Å². The molecule has 3 heteroatoms. The van der Waals surface area contributed by atoms with Crippen LogP contribution in [0.25, 0.3) is 0 Å². The van der Waals surface area contributed by atoms with Crippen molar-refractivity contribution < 1.29 is 0 Å². The number of nitrogens with zero attached hydrogens (tertiary/aromatic N) is 2. The quantitative estimate of drug-likeness (QED) is 0.821. The summed E-state index contributed by atoms with van der Waals surface area (Å²) in [6.07, 6.45) is 11.3. The molecule has 1 unspecified atom stereocenters. The molecule has 3 rings (SSSR count). The van der Waals surface area contributed by atoms with E-state index < -0.39 is 0 Å². The number of hydrogen-bond acceptors (Lipinski definition) is 3. The molecule has 1 heterocycles. The maximum atomic E-state index is 3.90. The molecule has 0 bridgehead atoms. The van der Waals surface area contributed by atoms with Gasteiger partial charge in [0.2, 0.25) is 0 Å². The monoisotopic (exact) mass is 265 g/mol. The van der Waals surface area contributed by atoms with E-state index in [1.54, 1.807) is 0 Å². The second kappa shape index (κ2) is 5.71. The van der Waals surface area contributed by atoms with Crippen molar-refractivity contribution in [2.75, 3.05) is 33.7 Å². The standard InChI is InChI=1S/C16H31N3/c1-18(2)16(9-4-3-5-10-16)13-17-14-8-11-19(12-14)15-6-7-15/h14-15,17H,3-13H2,1-2H3. The van der Waals surface area contributed by atoms with Crippen LogP contribution in [-0.4, -0.2) is 61.2 Å². The molecule has 2 aliphatic carbocycles. The highest BCUT2D eigenvalue weighted by molar-refractivity contribution is 4.96. The van der Waals surface area contributed by atoms with Crippen LogP contribution in [0.4, 0.5) is 0 Å². The zero-order valence-corrected chi connectivity index (χ0v) is 12.8. The first-order chi connectivity index (χ1) is 9.20. The third-order valence-corrected chi connectivity index (χ3v) is 5.74. The van der Waals surface area contributed by atoms with Gasteiger partial charge in [-0.2, -0.15) is 0 Å². The van der Waals surface area contributed by atoms with Gasteiger partial charge >= 0.3 is 0 Å². The zero-order chi connectivity index (χ0) is 13.3. The largest absolute Gasteiger partial charge is 0.311 e. The van der Waals surface area contributed by atoms with E-state index in [-0.39, 0.29) is 0 Å². The lowest BCUT2D eigenvalue weighted by Crippen LogP contribution is -2.54. The van der Waals surface area contributed by atoms with Crippen LogP contribution in [0.15, 0.2) is 0 Å². The maximum Gasteiger partial charge on any atom is 0.0328 e. The molecule has 3 aliphatic rings. The second-order valence-corrected chi connectivity index (χ2v) is 7.27. The van der Waals surface area contributed by atoms with Crippen LogP contribution in [0.5, 0.6) is 0 Å². The van der Waals surface area contributed by atoms with Gasteiger partial charge in [-0.25, -0.2) is 0 Å². The van der Waals surface area contributed by atoms with Gasteiger partial charge in [-0.15, -0.1) is 0 Å². The summed E-state index contributed by atoms with van der Waals surface area (Å²) in [4.78, 5) is 5.20. The molecule has 0 aromatic carbocycles. The number of likely N-dealkylation sites (N-methyl/N-ethyl adjacent to an activating group) is 1. The third-order valence-electron chi connectivity index (χ3n) is 5.74. The fourth-order valence-corrected chi connectivity index (χ4v) is 4.05. The average Bonchev–Trinajstić information content (AvgIpc) is 3.17. The fraction of sp³-hybridized carbons (Fsp3) is 1.00. The maximum absolute atomic E-state index is 3.90. The highest BCUT2D eigenvalue weighted by Crippen LogP contribution is 2.33. The lowest BCUT2D eigenvalue weighted by Gasteiger charge is -2.44. The Kier molecular flexibility index (Phi) is 4.16. The van der Waals surface area contributed by atoms with Gasteiger partial charge in [0.15, 0.2) is 0 Å². The van der Waals surface area contributed by atoms with Gasteiger partial charge in [0.1, 0.15) is 0 Å². The van der Waals surface area contributed by atoms with Crippen molar-refractivity contribution in [2.45, 2.75) is 69.0 Å². The average molecular weight is 265 g/mol. The lowest BCUT2D eigenvalue weighted by molar-refractivity contribution is 0.0953. The summed E-state index contributed by atoms with van der Waals surface area (Å²) < 4.78 is 0. The molecule has 0 spiro atoms. The minimum atomic E-state index is 0.436. The Bertz CT molecular complexity index is 292. The summed E-state index contributed by atoms with van der Waals surface area (Å²) in [5.41, 5.74) is 0.436. The molecule has 0 aromatic heterocycles. The molecular formula is C16H31N3. The van der Waals surface area contributed by atoms with Gasteiger partial charge in [-0.3, -0.25) is 4.90 Å². The molecule has 2 saturated carbocycles. The predicted octanol–water partition coefficient (Wildman–Crippen LogP) is 2.08. The topological polar surface area (TPSA) is 18.5 Å². The molecule has 0 radical (unpaired) electrons. The van der Waals surface area contributed by atoms with Crippen molar-refractivity contribution >= 4 is 0 Å². The van der Waals surface area contributed by atoms with Gasteiger partial charge in [-0.1, -0.05) is 19.3 Å². The van der Waals surface area contributed by atoms with Crippen LogP contribution in [0.1, 0.15) is 51.4 Å². The van der Waals surface area contributed by atoms with E-state index >= 15 is 0 Å². The summed E-state index contributed by atoms with van der Waals surface area (Å²) in [7, 11) is 4.55. The van der Waals surface area contributed by atoms with E-state index in [1.165, 1.54) is 71.0 Å². The molecule has 0 amide bonds. The second-order valence-electron chi connectivity index (χ2n) is 7.27. The fourth-order valence-electron chi connectivity index (χ4n) is 4.05. The Balaban J connectivity index is 1.49. The minimum Gasteiger partial charge on any atom is -0.311 e. The molecule has 0 aromatic rings. The molecule has 3 fully saturated rings. The van der Waals surface area contributed by atoms with Gasteiger partial charge in [0.25, 0.3) is 0 Å². The summed E-state index contributed by atoms with van der Waals surface area (Å²) in [5.74, 6) is 0. The van der Waals surface area contributed by atoms with Gasteiger partial charge in [-0.05, 0) is 46.2 Å². The molecule has 1 saturated heterocycles. The first-order valence-electron chi connectivity index (χ1n) is 8.34. The molecule has 3 nitrogen and oxygen atoms in total. The predicted molar refractivity (Wildman–Crippen MR) is 80.5 cm³/mol. The van der Waals surface area contributed by atoms with Crippen LogP contribution in [0, 0.1) is 0 Å². The van der Waals surface area contributed by atoms with Crippen molar-refractivity contribution in [2.24, 2.45) is 0 Å². The van der Waals surface area contributed by atoms with E-state index in [1.807, 2.05) is 0 Å². The third kappa shape index (κ3) is 3.14. The SMILES string of the molecule is CN(C)C1(CNC2CCN(C3CC3)C2)CCCCC1. The summed E-state index contributed by atoms with van der Waals surface area (Å²) >= 11 is 0. The van der Waals surface area contributed by atoms with Gasteiger partial charge < -0.3 is 10.2 Å². The van der Waals surface area contributed by atoms with Crippen molar-refractivity contribution in [1.29, 1.82) is 0 Å². The molecule has 1 aliphatic heterocycles. The number of rotatable bonds is 5. The highest BCUT2D eigenvalue weighted by Gasteiger charge is 2.37. The van der Waals surface area contributed by atoms with E-state index in [2.05, 4.69) is 29.2 Å². The Labute approximate surface area is 118 Å². The smallest absolute Gasteiger partial charge is 0.0328 e. The van der Waals surface area contributed by atoms with Crippen molar-refractivity contribution in [1.82, 2.24) is 15.1 Å². The Hall–Kier alpha value is -0.120. The number of likely N-dealkylation sites (tertiary alicyclic amines) is 1. The Morgan fingerprint density at radius 2 is 1.84 bits per heavy atom. The zero-order valence-electron chi connectivity index (χ0n) is 12.8. The van der Waals surface area contributed by atoms with E-state index in [4.69, 9.17) is 0 Å². The van der Waals surface area contributed by atoms with Crippen LogP contribution in [0.3, 0.4) is 0 Å². The molecule has 1 N–H and O–H groups in total. The summed E-state index contributed by atoms with van der Waals surface area (Å²) in [5, 5.41) is 3.90. The normalized spacial score (nSPS) is 32.1. The van der Waals surface area contributed by atoms with Crippen LogP contribution in [0.2, 0.25) is 0 Å². The number of nitrogens with one attached hydrogen (secondary N) is 1. The molecular weight excluding hydrogens is 234 g/mol. The number of hydrogen-bond donors (Lipinski definition) is 1. The van der Waals surface area contributed by atoms with E-state index in [0.29, 0.717) is 5.54 Å². The lowest BCUT2D eigenvalue weighted by atomic mass is 9.80.